The van der Waals surface area contributed by atoms with Gasteiger partial charge in [0.1, 0.15) is 6.73 Å². The van der Waals surface area contributed by atoms with E-state index in [1.807, 2.05) is 24.3 Å². The molecule has 0 aromatic heterocycles. The first-order chi connectivity index (χ1) is 9.29. The highest BCUT2D eigenvalue weighted by Crippen LogP contribution is 2.14. The lowest BCUT2D eigenvalue weighted by atomic mass is 10.00. The van der Waals surface area contributed by atoms with E-state index >= 15 is 0 Å². The number of hydrogen-bond acceptors (Lipinski definition) is 2. The molecule has 3 heteroatoms. The second-order valence-corrected chi connectivity index (χ2v) is 4.84. The molecule has 0 saturated heterocycles. The van der Waals surface area contributed by atoms with Gasteiger partial charge >= 0.3 is 0 Å². The third-order valence-electron chi connectivity index (χ3n) is 3.30. The fraction of sp³-hybridized carbons (Fsp3) is 0.562. The average Bonchev–Trinajstić information content (AvgIpc) is 2.43. The Morgan fingerprint density at radius 1 is 1.11 bits per heavy atom. The van der Waals surface area contributed by atoms with Crippen molar-refractivity contribution in [2.24, 2.45) is 0 Å². The predicted molar refractivity (Wildman–Crippen MR) is 78.1 cm³/mol. The molecule has 19 heavy (non-hydrogen) atoms. The Bertz CT molecular complexity index is 377. The van der Waals surface area contributed by atoms with Crippen molar-refractivity contribution in [3.8, 4) is 0 Å². The molecule has 1 amide bonds. The maximum absolute atomic E-state index is 11.8. The van der Waals surface area contributed by atoms with Crippen molar-refractivity contribution in [3.05, 3.63) is 35.4 Å². The van der Waals surface area contributed by atoms with Crippen molar-refractivity contribution < 1.29 is 9.90 Å². The quantitative estimate of drug-likeness (QED) is 0.530. The van der Waals surface area contributed by atoms with Crippen LogP contribution in [0.5, 0.6) is 0 Å². The highest BCUT2D eigenvalue weighted by molar-refractivity contribution is 5.95. The Balaban J connectivity index is 2.42. The third-order valence-corrected chi connectivity index (χ3v) is 3.30. The van der Waals surface area contributed by atoms with E-state index < -0.39 is 0 Å². The number of nitrogens with one attached hydrogen (secondary N) is 1. The van der Waals surface area contributed by atoms with E-state index in [0.29, 0.717) is 5.56 Å². The van der Waals surface area contributed by atoms with E-state index in [2.05, 4.69) is 12.2 Å². The van der Waals surface area contributed by atoms with Crippen molar-refractivity contribution in [2.45, 2.75) is 51.9 Å². The van der Waals surface area contributed by atoms with Crippen LogP contribution in [0.25, 0.3) is 0 Å². The SMILES string of the molecule is CCCCCCCCc1ccccc1C(=O)NCO. The molecule has 0 bridgehead atoms. The minimum absolute atomic E-state index is 0.191. The second-order valence-electron chi connectivity index (χ2n) is 4.84. The minimum atomic E-state index is -0.315. The summed E-state index contributed by atoms with van der Waals surface area (Å²) >= 11 is 0. The zero-order chi connectivity index (χ0) is 13.9. The molecule has 2 N–H and O–H groups in total. The van der Waals surface area contributed by atoms with Crippen LogP contribution in [0.2, 0.25) is 0 Å². The Morgan fingerprint density at radius 3 is 2.53 bits per heavy atom. The number of unbranched alkanes of at least 4 members (excludes halogenated alkanes) is 5. The minimum Gasteiger partial charge on any atom is -0.376 e. The summed E-state index contributed by atoms with van der Waals surface area (Å²) in [6.07, 6.45) is 8.44. The van der Waals surface area contributed by atoms with Crippen LogP contribution in [0.1, 0.15) is 61.4 Å². The molecule has 0 fully saturated rings. The monoisotopic (exact) mass is 263 g/mol. The normalized spacial score (nSPS) is 10.4. The first-order valence-corrected chi connectivity index (χ1v) is 7.26. The van der Waals surface area contributed by atoms with Crippen LogP contribution in [0.4, 0.5) is 0 Å². The standard InChI is InChI=1S/C16H25NO2/c1-2-3-4-5-6-7-10-14-11-8-9-12-15(14)16(19)17-13-18/h8-9,11-12,18H,2-7,10,13H2,1H3,(H,17,19). The van der Waals surface area contributed by atoms with Gasteiger partial charge in [0.2, 0.25) is 0 Å². The summed E-state index contributed by atoms with van der Waals surface area (Å²) < 4.78 is 0. The summed E-state index contributed by atoms with van der Waals surface area (Å²) in [5.41, 5.74) is 1.76. The number of rotatable bonds is 9. The molecule has 1 aromatic carbocycles. The zero-order valence-corrected chi connectivity index (χ0v) is 11.8. The van der Waals surface area contributed by atoms with Crippen LogP contribution < -0.4 is 5.32 Å². The third kappa shape index (κ3) is 5.88. The van der Waals surface area contributed by atoms with Gasteiger partial charge < -0.3 is 10.4 Å². The lowest BCUT2D eigenvalue weighted by molar-refractivity contribution is 0.0909. The number of aliphatic hydroxyl groups excluding tert-OH is 1. The van der Waals surface area contributed by atoms with Gasteiger partial charge in [0.15, 0.2) is 0 Å². The van der Waals surface area contributed by atoms with E-state index in [4.69, 9.17) is 5.11 Å². The number of aliphatic hydroxyl groups is 1. The first-order valence-electron chi connectivity index (χ1n) is 7.26. The number of amides is 1. The summed E-state index contributed by atoms with van der Waals surface area (Å²) in [6, 6.07) is 7.63. The van der Waals surface area contributed by atoms with E-state index in [0.717, 1.165) is 18.4 Å². The molecular weight excluding hydrogens is 238 g/mol. The van der Waals surface area contributed by atoms with Crippen LogP contribution in [-0.4, -0.2) is 17.7 Å². The van der Waals surface area contributed by atoms with Crippen molar-refractivity contribution in [1.82, 2.24) is 5.32 Å². The lowest BCUT2D eigenvalue weighted by Gasteiger charge is -2.08. The summed E-state index contributed by atoms with van der Waals surface area (Å²) in [6.45, 7) is 1.90. The molecular formula is C16H25NO2. The zero-order valence-electron chi connectivity index (χ0n) is 11.8. The molecule has 0 heterocycles. The number of hydrogen-bond donors (Lipinski definition) is 2. The molecule has 1 aromatic rings. The Morgan fingerprint density at radius 2 is 1.79 bits per heavy atom. The van der Waals surface area contributed by atoms with E-state index in [1.165, 1.54) is 32.1 Å². The van der Waals surface area contributed by atoms with Gasteiger partial charge in [-0.1, -0.05) is 57.2 Å². The van der Waals surface area contributed by atoms with Crippen molar-refractivity contribution in [3.63, 3.8) is 0 Å². The Kier molecular flexibility index (Phi) is 7.91. The molecule has 0 saturated carbocycles. The van der Waals surface area contributed by atoms with Gasteiger partial charge in [-0.2, -0.15) is 0 Å². The Labute approximate surface area is 116 Å². The van der Waals surface area contributed by atoms with Crippen LogP contribution in [-0.2, 0) is 6.42 Å². The van der Waals surface area contributed by atoms with Crippen LogP contribution in [0.3, 0.4) is 0 Å². The molecule has 106 valence electrons. The van der Waals surface area contributed by atoms with Gasteiger partial charge in [-0.05, 0) is 24.5 Å². The smallest absolute Gasteiger partial charge is 0.253 e. The van der Waals surface area contributed by atoms with Crippen molar-refractivity contribution >= 4 is 5.91 Å². The fourth-order valence-electron chi connectivity index (χ4n) is 2.22. The molecule has 0 spiro atoms. The highest BCUT2D eigenvalue weighted by atomic mass is 16.3. The molecule has 0 aliphatic rings. The van der Waals surface area contributed by atoms with Crippen LogP contribution >= 0.6 is 0 Å². The number of carbonyl (C=O) groups excluding carboxylic acids is 1. The maximum Gasteiger partial charge on any atom is 0.253 e. The van der Waals surface area contributed by atoms with E-state index in [-0.39, 0.29) is 12.6 Å². The largest absolute Gasteiger partial charge is 0.376 e. The Hall–Kier alpha value is -1.35. The van der Waals surface area contributed by atoms with Gasteiger partial charge in [-0.25, -0.2) is 0 Å². The molecule has 0 aliphatic carbocycles. The summed E-state index contributed by atoms with van der Waals surface area (Å²) in [7, 11) is 0. The van der Waals surface area contributed by atoms with Crippen molar-refractivity contribution in [1.29, 1.82) is 0 Å². The average molecular weight is 263 g/mol. The number of carbonyl (C=O) groups is 1. The van der Waals surface area contributed by atoms with Gasteiger partial charge in [0.25, 0.3) is 5.91 Å². The van der Waals surface area contributed by atoms with E-state index in [9.17, 15) is 4.79 Å². The molecule has 0 unspecified atom stereocenters. The molecule has 0 atom stereocenters. The van der Waals surface area contributed by atoms with Gasteiger partial charge in [-0.3, -0.25) is 4.79 Å². The predicted octanol–water partition coefficient (Wildman–Crippen LogP) is 3.27. The first kappa shape index (κ1) is 15.7. The maximum atomic E-state index is 11.8. The number of benzene rings is 1. The summed E-state index contributed by atoms with van der Waals surface area (Å²) in [4.78, 5) is 11.8. The van der Waals surface area contributed by atoms with Crippen LogP contribution in [0, 0.1) is 0 Å². The number of aryl methyl sites for hydroxylation is 1. The van der Waals surface area contributed by atoms with E-state index in [1.54, 1.807) is 0 Å². The van der Waals surface area contributed by atoms with Gasteiger partial charge in [0.05, 0.1) is 0 Å². The van der Waals surface area contributed by atoms with Gasteiger partial charge in [0, 0.05) is 5.56 Å². The molecule has 0 aliphatic heterocycles. The topological polar surface area (TPSA) is 49.3 Å². The second kappa shape index (κ2) is 9.56. The summed E-state index contributed by atoms with van der Waals surface area (Å²) in [5, 5.41) is 11.2. The molecule has 3 nitrogen and oxygen atoms in total. The lowest BCUT2D eigenvalue weighted by Crippen LogP contribution is -2.25. The molecule has 1 rings (SSSR count). The van der Waals surface area contributed by atoms with Crippen LogP contribution in [0.15, 0.2) is 24.3 Å². The molecule has 0 radical (unpaired) electrons. The highest BCUT2D eigenvalue weighted by Gasteiger charge is 2.09. The van der Waals surface area contributed by atoms with Crippen molar-refractivity contribution in [2.75, 3.05) is 6.73 Å². The summed E-state index contributed by atoms with van der Waals surface area (Å²) in [5.74, 6) is -0.191. The van der Waals surface area contributed by atoms with Gasteiger partial charge in [-0.15, -0.1) is 0 Å². The fourth-order valence-corrected chi connectivity index (χ4v) is 2.22.